The number of carbonyl (C=O) groups excluding carboxylic acids is 1. The summed E-state index contributed by atoms with van der Waals surface area (Å²) in [6, 6.07) is 7.90. The molecule has 2 aromatic rings. The summed E-state index contributed by atoms with van der Waals surface area (Å²) in [5.74, 6) is 0. The van der Waals surface area contributed by atoms with Gasteiger partial charge < -0.3 is 5.32 Å². The standard InChI is InChI=1S/C11H9ClN2OS/c1-7-2-4-8(5-3-7)13-11-14-10(12)9(6-15)16-11/h2-6H,1H3,(H,13,14). The minimum atomic E-state index is 0.245. The minimum Gasteiger partial charge on any atom is -0.331 e. The number of hydrogen-bond donors (Lipinski definition) is 1. The van der Waals surface area contributed by atoms with Gasteiger partial charge in [0.05, 0.1) is 0 Å². The lowest BCUT2D eigenvalue weighted by Crippen LogP contribution is -1.88. The van der Waals surface area contributed by atoms with E-state index in [0.717, 1.165) is 5.69 Å². The Bertz CT molecular complexity index is 507. The normalized spacial score (nSPS) is 10.1. The first-order chi connectivity index (χ1) is 7.69. The number of halogens is 1. The van der Waals surface area contributed by atoms with Crippen LogP contribution in [0.5, 0.6) is 0 Å². The van der Waals surface area contributed by atoms with Crippen LogP contribution in [-0.2, 0) is 0 Å². The number of anilines is 2. The van der Waals surface area contributed by atoms with Gasteiger partial charge >= 0.3 is 0 Å². The van der Waals surface area contributed by atoms with E-state index in [2.05, 4.69) is 10.3 Å². The molecule has 0 spiro atoms. The molecule has 0 saturated carbocycles. The van der Waals surface area contributed by atoms with Crippen molar-refractivity contribution in [1.82, 2.24) is 4.98 Å². The Labute approximate surface area is 102 Å². The molecule has 0 atom stereocenters. The molecule has 16 heavy (non-hydrogen) atoms. The monoisotopic (exact) mass is 252 g/mol. The van der Waals surface area contributed by atoms with E-state index < -0.39 is 0 Å². The number of benzene rings is 1. The topological polar surface area (TPSA) is 42.0 Å². The van der Waals surface area contributed by atoms with Gasteiger partial charge in [-0.25, -0.2) is 4.98 Å². The van der Waals surface area contributed by atoms with E-state index in [1.54, 1.807) is 0 Å². The van der Waals surface area contributed by atoms with Crippen LogP contribution in [0.2, 0.25) is 5.15 Å². The molecule has 82 valence electrons. The molecule has 0 amide bonds. The van der Waals surface area contributed by atoms with E-state index in [1.165, 1.54) is 16.9 Å². The van der Waals surface area contributed by atoms with Crippen molar-refractivity contribution in [2.75, 3.05) is 5.32 Å². The Morgan fingerprint density at radius 3 is 2.62 bits per heavy atom. The predicted molar refractivity (Wildman–Crippen MR) is 67.0 cm³/mol. The number of hydrogen-bond acceptors (Lipinski definition) is 4. The molecular weight excluding hydrogens is 244 g/mol. The molecule has 0 bridgehead atoms. The summed E-state index contributed by atoms with van der Waals surface area (Å²) in [5, 5.41) is 3.96. The fourth-order valence-corrected chi connectivity index (χ4v) is 2.19. The highest BCUT2D eigenvalue weighted by atomic mass is 35.5. The highest BCUT2D eigenvalue weighted by Gasteiger charge is 2.07. The SMILES string of the molecule is Cc1ccc(Nc2nc(Cl)c(C=O)s2)cc1. The van der Waals surface area contributed by atoms with E-state index >= 15 is 0 Å². The number of aromatic nitrogens is 1. The molecule has 2 rings (SSSR count). The van der Waals surface area contributed by atoms with Gasteiger partial charge in [0.15, 0.2) is 16.6 Å². The largest absolute Gasteiger partial charge is 0.331 e. The summed E-state index contributed by atoms with van der Waals surface area (Å²) in [7, 11) is 0. The van der Waals surface area contributed by atoms with Crippen molar-refractivity contribution >= 4 is 40.0 Å². The third-order valence-electron chi connectivity index (χ3n) is 2.02. The summed E-state index contributed by atoms with van der Waals surface area (Å²) in [6.45, 7) is 2.02. The molecule has 0 aliphatic rings. The van der Waals surface area contributed by atoms with Gasteiger partial charge in [-0.15, -0.1) is 0 Å². The molecule has 0 aliphatic carbocycles. The minimum absolute atomic E-state index is 0.245. The molecule has 0 saturated heterocycles. The first-order valence-electron chi connectivity index (χ1n) is 4.64. The highest BCUT2D eigenvalue weighted by molar-refractivity contribution is 7.17. The number of nitrogens with zero attached hydrogens (tertiary/aromatic N) is 1. The van der Waals surface area contributed by atoms with Crippen LogP contribution in [-0.4, -0.2) is 11.3 Å². The van der Waals surface area contributed by atoms with Gasteiger partial charge in [0, 0.05) is 5.69 Å². The summed E-state index contributed by atoms with van der Waals surface area (Å²) >= 11 is 7.00. The van der Waals surface area contributed by atoms with Gasteiger partial charge in [0.2, 0.25) is 0 Å². The van der Waals surface area contributed by atoms with Gasteiger partial charge in [0.25, 0.3) is 0 Å². The van der Waals surface area contributed by atoms with Gasteiger partial charge in [-0.2, -0.15) is 0 Å². The summed E-state index contributed by atoms with van der Waals surface area (Å²) in [6.07, 6.45) is 0.709. The second kappa shape index (κ2) is 4.63. The van der Waals surface area contributed by atoms with Gasteiger partial charge in [0.1, 0.15) is 4.88 Å². The molecule has 0 aliphatic heterocycles. The maximum absolute atomic E-state index is 10.6. The van der Waals surface area contributed by atoms with Crippen molar-refractivity contribution in [1.29, 1.82) is 0 Å². The van der Waals surface area contributed by atoms with Crippen molar-refractivity contribution in [3.8, 4) is 0 Å². The van der Waals surface area contributed by atoms with Crippen LogP contribution >= 0.6 is 22.9 Å². The van der Waals surface area contributed by atoms with Crippen molar-refractivity contribution in [2.45, 2.75) is 6.92 Å². The Kier molecular flexibility index (Phi) is 3.22. The second-order valence-electron chi connectivity index (χ2n) is 3.28. The van der Waals surface area contributed by atoms with Crippen LogP contribution in [0.25, 0.3) is 0 Å². The number of aldehydes is 1. The molecule has 0 radical (unpaired) electrons. The van der Waals surface area contributed by atoms with Crippen LogP contribution in [0, 0.1) is 6.92 Å². The second-order valence-corrected chi connectivity index (χ2v) is 4.67. The fraction of sp³-hybridized carbons (Fsp3) is 0.0909. The van der Waals surface area contributed by atoms with E-state index in [9.17, 15) is 4.79 Å². The first-order valence-corrected chi connectivity index (χ1v) is 5.83. The molecule has 1 aromatic heterocycles. The van der Waals surface area contributed by atoms with Crippen molar-refractivity contribution in [3.05, 3.63) is 39.9 Å². The number of nitrogens with one attached hydrogen (secondary N) is 1. The number of rotatable bonds is 3. The lowest BCUT2D eigenvalue weighted by Gasteiger charge is -2.01. The number of aryl methyl sites for hydroxylation is 1. The van der Waals surface area contributed by atoms with E-state index in [0.29, 0.717) is 16.3 Å². The molecule has 1 aromatic carbocycles. The van der Waals surface area contributed by atoms with Crippen LogP contribution in [0.15, 0.2) is 24.3 Å². The average Bonchev–Trinajstić information content (AvgIpc) is 2.62. The molecular formula is C11H9ClN2OS. The van der Waals surface area contributed by atoms with Crippen LogP contribution in [0.3, 0.4) is 0 Å². The smallest absolute Gasteiger partial charge is 0.189 e. The zero-order valence-electron chi connectivity index (χ0n) is 8.53. The maximum Gasteiger partial charge on any atom is 0.189 e. The van der Waals surface area contributed by atoms with Crippen LogP contribution in [0.4, 0.5) is 10.8 Å². The van der Waals surface area contributed by atoms with E-state index in [1.807, 2.05) is 31.2 Å². The first kappa shape index (κ1) is 11.1. The van der Waals surface area contributed by atoms with Crippen LogP contribution in [0.1, 0.15) is 15.2 Å². The predicted octanol–water partition coefficient (Wildman–Crippen LogP) is 3.66. The molecule has 1 heterocycles. The Balaban J connectivity index is 2.20. The molecule has 1 N–H and O–H groups in total. The fourth-order valence-electron chi connectivity index (χ4n) is 1.20. The van der Waals surface area contributed by atoms with Crippen molar-refractivity contribution < 1.29 is 4.79 Å². The Morgan fingerprint density at radius 1 is 1.38 bits per heavy atom. The highest BCUT2D eigenvalue weighted by Crippen LogP contribution is 2.27. The summed E-state index contributed by atoms with van der Waals surface area (Å²) in [4.78, 5) is 15.1. The summed E-state index contributed by atoms with van der Waals surface area (Å²) < 4.78 is 0. The molecule has 5 heteroatoms. The third kappa shape index (κ3) is 2.40. The zero-order valence-corrected chi connectivity index (χ0v) is 10.1. The Hall–Kier alpha value is -1.39. The van der Waals surface area contributed by atoms with Gasteiger partial charge in [-0.05, 0) is 19.1 Å². The molecule has 0 unspecified atom stereocenters. The molecule has 0 fully saturated rings. The lowest BCUT2D eigenvalue weighted by molar-refractivity contribution is 0.112. The van der Waals surface area contributed by atoms with Crippen LogP contribution < -0.4 is 5.32 Å². The Morgan fingerprint density at radius 2 is 2.06 bits per heavy atom. The summed E-state index contributed by atoms with van der Waals surface area (Å²) in [5.41, 5.74) is 2.12. The number of carbonyl (C=O) groups is 1. The zero-order chi connectivity index (χ0) is 11.5. The van der Waals surface area contributed by atoms with E-state index in [-0.39, 0.29) is 5.15 Å². The third-order valence-corrected chi connectivity index (χ3v) is 3.32. The van der Waals surface area contributed by atoms with Gasteiger partial charge in [-0.1, -0.05) is 40.6 Å². The molecule has 3 nitrogen and oxygen atoms in total. The maximum atomic E-state index is 10.6. The number of thiazole rings is 1. The average molecular weight is 253 g/mol. The van der Waals surface area contributed by atoms with Crippen molar-refractivity contribution in [2.24, 2.45) is 0 Å². The quantitative estimate of drug-likeness (QED) is 0.848. The van der Waals surface area contributed by atoms with Crippen molar-refractivity contribution in [3.63, 3.8) is 0 Å². The van der Waals surface area contributed by atoms with E-state index in [4.69, 9.17) is 11.6 Å². The van der Waals surface area contributed by atoms with Gasteiger partial charge in [-0.3, -0.25) is 4.79 Å². The lowest BCUT2D eigenvalue weighted by atomic mass is 10.2.